The van der Waals surface area contributed by atoms with E-state index in [1.165, 1.54) is 12.1 Å². The van der Waals surface area contributed by atoms with E-state index in [2.05, 4.69) is 5.16 Å². The van der Waals surface area contributed by atoms with Gasteiger partial charge in [-0.3, -0.25) is 0 Å². The molecular weight excluding hydrogens is 296 g/mol. The van der Waals surface area contributed by atoms with Crippen LogP contribution in [-0.4, -0.2) is 23.5 Å². The molecule has 0 N–H and O–H groups in total. The highest BCUT2D eigenvalue weighted by Gasteiger charge is 2.53. The first kappa shape index (κ1) is 16.2. The Labute approximate surface area is 136 Å². The van der Waals surface area contributed by atoms with E-state index in [-0.39, 0.29) is 5.82 Å². The van der Waals surface area contributed by atoms with Crippen molar-refractivity contribution in [1.82, 2.24) is 5.16 Å². The SMILES string of the molecule is Cc1ccc(F)cc1-c1noc(C)c1B1OC(C)(C)C(C)(C)O1. The molecule has 0 atom stereocenters. The molecule has 0 unspecified atom stereocenters. The van der Waals surface area contributed by atoms with Crippen LogP contribution in [0.2, 0.25) is 0 Å². The highest BCUT2D eigenvalue weighted by molar-refractivity contribution is 6.64. The Morgan fingerprint density at radius 3 is 2.26 bits per heavy atom. The predicted octanol–water partition coefficient (Wildman–Crippen LogP) is 3.40. The second kappa shape index (κ2) is 5.18. The van der Waals surface area contributed by atoms with Gasteiger partial charge in [0.15, 0.2) is 0 Å². The maximum absolute atomic E-state index is 13.7. The van der Waals surface area contributed by atoms with Crippen molar-refractivity contribution in [3.8, 4) is 11.3 Å². The third-order valence-corrected chi connectivity index (χ3v) is 4.85. The van der Waals surface area contributed by atoms with Gasteiger partial charge >= 0.3 is 7.12 Å². The van der Waals surface area contributed by atoms with Crippen molar-refractivity contribution < 1.29 is 18.2 Å². The Bertz CT molecular complexity index is 738. The number of hydrogen-bond acceptors (Lipinski definition) is 4. The number of benzene rings is 1. The molecule has 0 radical (unpaired) electrons. The first-order valence-corrected chi connectivity index (χ1v) is 7.71. The number of aryl methyl sites for hydroxylation is 2. The van der Waals surface area contributed by atoms with E-state index < -0.39 is 18.3 Å². The lowest BCUT2D eigenvalue weighted by atomic mass is 9.75. The Kier molecular flexibility index (Phi) is 3.65. The van der Waals surface area contributed by atoms with Crippen molar-refractivity contribution in [2.45, 2.75) is 52.7 Å². The van der Waals surface area contributed by atoms with Gasteiger partial charge in [-0.2, -0.15) is 0 Å². The minimum Gasteiger partial charge on any atom is -0.399 e. The summed E-state index contributed by atoms with van der Waals surface area (Å²) < 4.78 is 31.2. The summed E-state index contributed by atoms with van der Waals surface area (Å²) in [5.41, 5.74) is 1.96. The summed E-state index contributed by atoms with van der Waals surface area (Å²) in [6.07, 6.45) is 0. The first-order valence-electron chi connectivity index (χ1n) is 7.71. The Morgan fingerprint density at radius 2 is 1.65 bits per heavy atom. The van der Waals surface area contributed by atoms with E-state index in [0.717, 1.165) is 11.0 Å². The molecule has 0 bridgehead atoms. The van der Waals surface area contributed by atoms with Crippen molar-refractivity contribution in [1.29, 1.82) is 0 Å². The van der Waals surface area contributed by atoms with E-state index in [0.29, 0.717) is 17.0 Å². The normalized spacial score (nSPS) is 19.3. The Morgan fingerprint density at radius 1 is 1.04 bits per heavy atom. The van der Waals surface area contributed by atoms with Crippen LogP contribution in [0.5, 0.6) is 0 Å². The maximum Gasteiger partial charge on any atom is 0.500 e. The quantitative estimate of drug-likeness (QED) is 0.797. The molecule has 0 spiro atoms. The molecule has 0 aliphatic carbocycles. The molecule has 1 fully saturated rings. The van der Waals surface area contributed by atoms with E-state index in [1.807, 2.05) is 41.5 Å². The van der Waals surface area contributed by atoms with Gasteiger partial charge in [-0.05, 0) is 59.2 Å². The summed E-state index contributed by atoms with van der Waals surface area (Å²) >= 11 is 0. The zero-order chi connectivity index (χ0) is 17.0. The second-order valence-electron chi connectivity index (χ2n) is 7.05. The molecule has 3 rings (SSSR count). The molecule has 6 heteroatoms. The van der Waals surface area contributed by atoms with Crippen LogP contribution in [-0.2, 0) is 9.31 Å². The highest BCUT2D eigenvalue weighted by Crippen LogP contribution is 2.37. The summed E-state index contributed by atoms with van der Waals surface area (Å²) in [4.78, 5) is 0. The standard InChI is InChI=1S/C17H21BFNO3/c1-10-7-8-12(19)9-13(10)15-14(11(2)21-20-15)18-22-16(3,4)17(5,6)23-18/h7-9H,1-6H3. The Hall–Kier alpha value is -1.66. The van der Waals surface area contributed by atoms with Gasteiger partial charge in [-0.25, -0.2) is 4.39 Å². The fraction of sp³-hybridized carbons (Fsp3) is 0.471. The summed E-state index contributed by atoms with van der Waals surface area (Å²) in [7, 11) is -0.594. The molecule has 1 aliphatic heterocycles. The van der Waals surface area contributed by atoms with Crippen LogP contribution in [0.15, 0.2) is 22.7 Å². The second-order valence-corrected chi connectivity index (χ2v) is 7.05. The smallest absolute Gasteiger partial charge is 0.399 e. The lowest BCUT2D eigenvalue weighted by molar-refractivity contribution is 0.00578. The number of rotatable bonds is 2. The van der Waals surface area contributed by atoms with Crippen molar-refractivity contribution >= 4 is 12.6 Å². The van der Waals surface area contributed by atoms with Gasteiger partial charge in [0.2, 0.25) is 0 Å². The zero-order valence-corrected chi connectivity index (χ0v) is 14.4. The number of halogens is 1. The Balaban J connectivity index is 2.09. The number of nitrogens with zero attached hydrogens (tertiary/aromatic N) is 1. The van der Waals surface area contributed by atoms with Gasteiger partial charge in [0.1, 0.15) is 17.3 Å². The average Bonchev–Trinajstić information content (AvgIpc) is 2.90. The summed E-state index contributed by atoms with van der Waals surface area (Å²) in [6.45, 7) is 11.7. The molecule has 23 heavy (non-hydrogen) atoms. The van der Waals surface area contributed by atoms with E-state index in [9.17, 15) is 4.39 Å². The number of aromatic nitrogens is 1. The third kappa shape index (κ3) is 2.60. The van der Waals surface area contributed by atoms with Crippen LogP contribution < -0.4 is 5.46 Å². The fourth-order valence-corrected chi connectivity index (χ4v) is 2.66. The molecule has 1 saturated heterocycles. The van der Waals surface area contributed by atoms with Crippen molar-refractivity contribution in [3.05, 3.63) is 35.3 Å². The summed E-state index contributed by atoms with van der Waals surface area (Å²) in [5, 5.41) is 4.13. The van der Waals surface area contributed by atoms with Crippen molar-refractivity contribution in [3.63, 3.8) is 0 Å². The van der Waals surface area contributed by atoms with Gasteiger partial charge in [0, 0.05) is 5.56 Å². The molecule has 0 amide bonds. The molecule has 2 aromatic rings. The van der Waals surface area contributed by atoms with Gasteiger partial charge in [-0.1, -0.05) is 11.2 Å². The lowest BCUT2D eigenvalue weighted by Gasteiger charge is -2.32. The van der Waals surface area contributed by atoms with Gasteiger partial charge in [0.05, 0.1) is 16.7 Å². The zero-order valence-electron chi connectivity index (χ0n) is 14.4. The lowest BCUT2D eigenvalue weighted by Crippen LogP contribution is -2.41. The highest BCUT2D eigenvalue weighted by atomic mass is 19.1. The minimum absolute atomic E-state index is 0.314. The van der Waals surface area contributed by atoms with Gasteiger partial charge < -0.3 is 13.8 Å². The maximum atomic E-state index is 13.7. The van der Waals surface area contributed by atoms with Crippen LogP contribution in [0.4, 0.5) is 4.39 Å². The van der Waals surface area contributed by atoms with Crippen LogP contribution in [0.1, 0.15) is 39.0 Å². The van der Waals surface area contributed by atoms with E-state index in [1.54, 1.807) is 6.07 Å². The molecule has 1 aliphatic rings. The molecule has 122 valence electrons. The summed E-state index contributed by atoms with van der Waals surface area (Å²) in [6, 6.07) is 4.62. The average molecular weight is 317 g/mol. The van der Waals surface area contributed by atoms with Gasteiger partial charge in [0.25, 0.3) is 0 Å². The summed E-state index contributed by atoms with van der Waals surface area (Å²) in [5.74, 6) is 0.299. The molecule has 1 aromatic heterocycles. The molecule has 1 aromatic carbocycles. The fourth-order valence-electron chi connectivity index (χ4n) is 2.66. The van der Waals surface area contributed by atoms with E-state index in [4.69, 9.17) is 13.8 Å². The molecule has 2 heterocycles. The molecule has 0 saturated carbocycles. The van der Waals surface area contributed by atoms with Crippen LogP contribution in [0, 0.1) is 19.7 Å². The first-order chi connectivity index (χ1) is 10.6. The molecular formula is C17H21BFNO3. The van der Waals surface area contributed by atoms with Crippen LogP contribution >= 0.6 is 0 Å². The van der Waals surface area contributed by atoms with Crippen LogP contribution in [0.3, 0.4) is 0 Å². The number of hydrogen-bond donors (Lipinski definition) is 0. The minimum atomic E-state index is -0.594. The third-order valence-electron chi connectivity index (χ3n) is 4.85. The largest absolute Gasteiger partial charge is 0.500 e. The van der Waals surface area contributed by atoms with Crippen LogP contribution in [0.25, 0.3) is 11.3 Å². The van der Waals surface area contributed by atoms with Crippen molar-refractivity contribution in [2.24, 2.45) is 0 Å². The topological polar surface area (TPSA) is 44.5 Å². The molecule has 4 nitrogen and oxygen atoms in total. The predicted molar refractivity (Wildman–Crippen MR) is 87.1 cm³/mol. The van der Waals surface area contributed by atoms with Gasteiger partial charge in [-0.15, -0.1) is 0 Å². The van der Waals surface area contributed by atoms with Crippen molar-refractivity contribution in [2.75, 3.05) is 0 Å². The monoisotopic (exact) mass is 317 g/mol. The van der Waals surface area contributed by atoms with E-state index >= 15 is 0 Å².